The molecule has 1 N–H and O–H groups in total. The summed E-state index contributed by atoms with van der Waals surface area (Å²) in [5.41, 5.74) is 1.47. The Bertz CT molecular complexity index is 844. The molecule has 1 saturated carbocycles. The van der Waals surface area contributed by atoms with Crippen molar-refractivity contribution in [1.29, 1.82) is 0 Å². The highest BCUT2D eigenvalue weighted by atomic mass is 16.7. The number of nitrogens with one attached hydrogen (secondary N) is 1. The number of ether oxygens (including phenoxy) is 4. The molecule has 4 rings (SSSR count). The predicted molar refractivity (Wildman–Crippen MR) is 94.9 cm³/mol. The quantitative estimate of drug-likeness (QED) is 0.863. The van der Waals surface area contributed by atoms with Gasteiger partial charge >= 0.3 is 0 Å². The smallest absolute Gasteiger partial charge is 0.231 e. The summed E-state index contributed by atoms with van der Waals surface area (Å²) in [4.78, 5) is 12.8. The summed E-state index contributed by atoms with van der Waals surface area (Å²) in [6.07, 6.45) is 1.68. The summed E-state index contributed by atoms with van der Waals surface area (Å²) < 4.78 is 21.3. The van der Waals surface area contributed by atoms with E-state index in [0.29, 0.717) is 23.8 Å². The van der Waals surface area contributed by atoms with Crippen molar-refractivity contribution < 1.29 is 23.7 Å². The van der Waals surface area contributed by atoms with E-state index in [2.05, 4.69) is 5.32 Å². The second-order valence-corrected chi connectivity index (χ2v) is 6.52. The summed E-state index contributed by atoms with van der Waals surface area (Å²) in [5.74, 6) is 2.79. The molecule has 1 fully saturated rings. The molecule has 6 heteroatoms. The van der Waals surface area contributed by atoms with Gasteiger partial charge in [0.05, 0.1) is 19.6 Å². The molecule has 0 spiro atoms. The van der Waals surface area contributed by atoms with Gasteiger partial charge in [-0.05, 0) is 48.2 Å². The van der Waals surface area contributed by atoms with Crippen molar-refractivity contribution in [2.24, 2.45) is 0 Å². The van der Waals surface area contributed by atoms with Crippen molar-refractivity contribution in [3.05, 3.63) is 47.5 Å². The third kappa shape index (κ3) is 2.81. The molecule has 1 aliphatic heterocycles. The van der Waals surface area contributed by atoms with E-state index < -0.39 is 5.41 Å². The zero-order valence-electron chi connectivity index (χ0n) is 14.8. The number of methoxy groups -OCH3 is 2. The van der Waals surface area contributed by atoms with Crippen molar-refractivity contribution in [3.63, 3.8) is 0 Å². The molecule has 6 nitrogen and oxygen atoms in total. The fourth-order valence-corrected chi connectivity index (χ4v) is 3.31. The van der Waals surface area contributed by atoms with Crippen LogP contribution in [0.5, 0.6) is 23.0 Å². The lowest BCUT2D eigenvalue weighted by molar-refractivity contribution is -0.123. The number of benzene rings is 2. The fourth-order valence-electron chi connectivity index (χ4n) is 3.31. The van der Waals surface area contributed by atoms with Crippen molar-refractivity contribution >= 4 is 5.91 Å². The predicted octanol–water partition coefficient (Wildman–Crippen LogP) is 2.78. The molecule has 1 aliphatic carbocycles. The maximum absolute atomic E-state index is 12.8. The average molecular weight is 355 g/mol. The SMILES string of the molecule is COc1ccc(CNC(=O)C2(c3ccc4c(c3)OCO4)CC2)cc1OC. The molecule has 0 saturated heterocycles. The molecule has 2 aromatic rings. The van der Waals surface area contributed by atoms with Crippen LogP contribution >= 0.6 is 0 Å². The molecular weight excluding hydrogens is 334 g/mol. The maximum atomic E-state index is 12.8. The first kappa shape index (κ1) is 16.6. The van der Waals surface area contributed by atoms with Gasteiger partial charge in [-0.3, -0.25) is 4.79 Å². The monoisotopic (exact) mass is 355 g/mol. The Morgan fingerprint density at radius 2 is 1.81 bits per heavy atom. The van der Waals surface area contributed by atoms with Crippen LogP contribution in [0, 0.1) is 0 Å². The van der Waals surface area contributed by atoms with Gasteiger partial charge in [0, 0.05) is 6.54 Å². The molecular formula is C20H21NO5. The summed E-state index contributed by atoms with van der Waals surface area (Å²) in [7, 11) is 3.20. The minimum absolute atomic E-state index is 0.0335. The second kappa shape index (κ2) is 6.44. The average Bonchev–Trinajstić information content (AvgIpc) is 3.36. The van der Waals surface area contributed by atoms with Gasteiger partial charge < -0.3 is 24.3 Å². The number of carbonyl (C=O) groups excluding carboxylic acids is 1. The molecule has 1 amide bonds. The fraction of sp³-hybridized carbons (Fsp3) is 0.350. The van der Waals surface area contributed by atoms with Gasteiger partial charge in [0.15, 0.2) is 23.0 Å². The topological polar surface area (TPSA) is 66.0 Å². The number of rotatable bonds is 6. The van der Waals surface area contributed by atoms with Crippen LogP contribution < -0.4 is 24.3 Å². The molecule has 0 atom stereocenters. The van der Waals surface area contributed by atoms with E-state index in [-0.39, 0.29) is 12.7 Å². The van der Waals surface area contributed by atoms with E-state index in [0.717, 1.165) is 29.7 Å². The summed E-state index contributed by atoms with van der Waals surface area (Å²) in [6, 6.07) is 11.4. The first-order valence-corrected chi connectivity index (χ1v) is 8.55. The molecule has 0 aromatic heterocycles. The van der Waals surface area contributed by atoms with Gasteiger partial charge in [-0.25, -0.2) is 0 Å². The highest BCUT2D eigenvalue weighted by molar-refractivity contribution is 5.91. The number of amides is 1. The largest absolute Gasteiger partial charge is 0.493 e. The van der Waals surface area contributed by atoms with Crippen molar-refractivity contribution in [2.75, 3.05) is 21.0 Å². The van der Waals surface area contributed by atoms with Crippen LogP contribution in [-0.2, 0) is 16.8 Å². The lowest BCUT2D eigenvalue weighted by Crippen LogP contribution is -2.34. The van der Waals surface area contributed by atoms with Gasteiger partial charge in [-0.2, -0.15) is 0 Å². The number of hydrogen-bond acceptors (Lipinski definition) is 5. The molecule has 0 unspecified atom stereocenters. The normalized spacial score (nSPS) is 16.1. The molecule has 2 aliphatic rings. The van der Waals surface area contributed by atoms with Crippen LogP contribution in [0.1, 0.15) is 24.0 Å². The zero-order chi connectivity index (χ0) is 18.1. The Balaban J connectivity index is 1.46. The van der Waals surface area contributed by atoms with Gasteiger partial charge in [0.1, 0.15) is 0 Å². The first-order chi connectivity index (χ1) is 12.7. The van der Waals surface area contributed by atoms with Crippen LogP contribution in [0.4, 0.5) is 0 Å². The van der Waals surface area contributed by atoms with Gasteiger partial charge in [0.2, 0.25) is 12.7 Å². The molecule has 0 bridgehead atoms. The number of carbonyl (C=O) groups is 1. The lowest BCUT2D eigenvalue weighted by atomic mass is 9.94. The van der Waals surface area contributed by atoms with Crippen LogP contribution in [0.3, 0.4) is 0 Å². The summed E-state index contributed by atoms with van der Waals surface area (Å²) >= 11 is 0. The van der Waals surface area contributed by atoms with Gasteiger partial charge in [0.25, 0.3) is 0 Å². The molecule has 136 valence electrons. The molecule has 1 heterocycles. The van der Waals surface area contributed by atoms with E-state index in [1.165, 1.54) is 0 Å². The lowest BCUT2D eigenvalue weighted by Gasteiger charge is -2.17. The molecule has 26 heavy (non-hydrogen) atoms. The van der Waals surface area contributed by atoms with E-state index in [4.69, 9.17) is 18.9 Å². The molecule has 2 aromatic carbocycles. The third-order valence-electron chi connectivity index (χ3n) is 5.01. The van der Waals surface area contributed by atoms with E-state index in [1.807, 2.05) is 36.4 Å². The van der Waals surface area contributed by atoms with Crippen molar-refractivity contribution in [2.45, 2.75) is 24.8 Å². The minimum atomic E-state index is -0.461. The van der Waals surface area contributed by atoms with E-state index in [1.54, 1.807) is 14.2 Å². The van der Waals surface area contributed by atoms with Crippen molar-refractivity contribution in [3.8, 4) is 23.0 Å². The van der Waals surface area contributed by atoms with Gasteiger partial charge in [-0.15, -0.1) is 0 Å². The Labute approximate surface area is 152 Å². The highest BCUT2D eigenvalue weighted by Crippen LogP contribution is 2.50. The van der Waals surface area contributed by atoms with E-state index >= 15 is 0 Å². The maximum Gasteiger partial charge on any atom is 0.231 e. The van der Waals surface area contributed by atoms with Crippen molar-refractivity contribution in [1.82, 2.24) is 5.32 Å². The van der Waals surface area contributed by atoms with Crippen LogP contribution in [0.2, 0.25) is 0 Å². The highest BCUT2D eigenvalue weighted by Gasteiger charge is 2.51. The molecule has 0 radical (unpaired) electrons. The summed E-state index contributed by atoms with van der Waals surface area (Å²) in [5, 5.41) is 3.05. The van der Waals surface area contributed by atoms with E-state index in [9.17, 15) is 4.79 Å². The Kier molecular flexibility index (Phi) is 4.11. The number of hydrogen-bond donors (Lipinski definition) is 1. The minimum Gasteiger partial charge on any atom is -0.493 e. The van der Waals surface area contributed by atoms with Crippen LogP contribution in [0.15, 0.2) is 36.4 Å². The summed E-state index contributed by atoms with van der Waals surface area (Å²) in [6.45, 7) is 0.669. The third-order valence-corrected chi connectivity index (χ3v) is 5.01. The Morgan fingerprint density at radius 1 is 1.04 bits per heavy atom. The van der Waals surface area contributed by atoms with Crippen LogP contribution in [0.25, 0.3) is 0 Å². The zero-order valence-corrected chi connectivity index (χ0v) is 14.8. The first-order valence-electron chi connectivity index (χ1n) is 8.55. The van der Waals surface area contributed by atoms with Crippen LogP contribution in [-0.4, -0.2) is 26.9 Å². The van der Waals surface area contributed by atoms with Gasteiger partial charge in [-0.1, -0.05) is 12.1 Å². The number of fused-ring (bicyclic) bond motifs is 1. The Hall–Kier alpha value is -2.89. The second-order valence-electron chi connectivity index (χ2n) is 6.52. The Morgan fingerprint density at radius 3 is 2.54 bits per heavy atom. The standard InChI is InChI=1S/C20H21NO5/c1-23-15-5-3-13(9-17(15)24-2)11-21-19(22)20(7-8-20)14-4-6-16-18(10-14)26-12-25-16/h3-6,9-10H,7-8,11-12H2,1-2H3,(H,21,22).